The lowest BCUT2D eigenvalue weighted by atomic mass is 9.76. The summed E-state index contributed by atoms with van der Waals surface area (Å²) in [6.45, 7) is 2.23. The van der Waals surface area contributed by atoms with E-state index in [9.17, 15) is 14.4 Å². The van der Waals surface area contributed by atoms with Crippen LogP contribution >= 0.6 is 11.6 Å². The van der Waals surface area contributed by atoms with Crippen LogP contribution in [0.2, 0.25) is 5.02 Å². The second-order valence-corrected chi connectivity index (χ2v) is 8.54. The number of nitrogens with two attached hydrogens (primary N) is 1. The van der Waals surface area contributed by atoms with Gasteiger partial charge in [-0.1, -0.05) is 41.9 Å². The van der Waals surface area contributed by atoms with E-state index in [4.69, 9.17) is 11.6 Å². The Morgan fingerprint density at radius 3 is 2.62 bits per heavy atom. The number of nitrogens with one attached hydrogen (secondary N) is 1. The quantitative estimate of drug-likeness (QED) is 0.748. The lowest BCUT2D eigenvalue weighted by Crippen LogP contribution is -2.98. The number of rotatable bonds is 3. The minimum atomic E-state index is -1.14. The molecule has 7 heteroatoms. The van der Waals surface area contributed by atoms with E-state index in [0.29, 0.717) is 29.2 Å². The van der Waals surface area contributed by atoms with Crippen molar-refractivity contribution in [2.24, 2.45) is 11.8 Å². The first-order valence-corrected chi connectivity index (χ1v) is 10.2. The summed E-state index contributed by atoms with van der Waals surface area (Å²) in [5.74, 6) is -1.94. The highest BCUT2D eigenvalue weighted by molar-refractivity contribution is 6.31. The summed E-state index contributed by atoms with van der Waals surface area (Å²) in [7, 11) is 0. The number of benzene rings is 2. The van der Waals surface area contributed by atoms with Crippen LogP contribution in [0.1, 0.15) is 18.1 Å². The average Bonchev–Trinajstić information content (AvgIpc) is 3.26. The predicted molar refractivity (Wildman–Crippen MR) is 107 cm³/mol. The van der Waals surface area contributed by atoms with Crippen LogP contribution in [0.25, 0.3) is 0 Å². The summed E-state index contributed by atoms with van der Waals surface area (Å²) < 4.78 is 0. The molecule has 0 aromatic heterocycles. The van der Waals surface area contributed by atoms with Gasteiger partial charge in [0.15, 0.2) is 0 Å². The molecule has 148 valence electrons. The third-order valence-electron chi connectivity index (χ3n) is 6.54. The molecule has 3 amide bonds. The summed E-state index contributed by atoms with van der Waals surface area (Å²) in [5, 5.41) is 5.27. The zero-order valence-electron chi connectivity index (χ0n) is 15.9. The highest BCUT2D eigenvalue weighted by Crippen LogP contribution is 2.49. The fraction of sp³-hybridized carbons (Fsp3) is 0.318. The van der Waals surface area contributed by atoms with Crippen molar-refractivity contribution >= 4 is 35.0 Å². The molecule has 0 radical (unpaired) electrons. The van der Waals surface area contributed by atoms with E-state index in [1.165, 1.54) is 4.90 Å². The highest BCUT2D eigenvalue weighted by atomic mass is 35.5. The van der Waals surface area contributed by atoms with Crippen LogP contribution in [0.15, 0.2) is 48.5 Å². The minimum Gasteiger partial charge on any atom is -0.326 e. The monoisotopic (exact) mass is 410 g/mol. The summed E-state index contributed by atoms with van der Waals surface area (Å²) in [4.78, 5) is 41.1. The molecule has 6 nitrogen and oxygen atoms in total. The number of halogens is 1. The van der Waals surface area contributed by atoms with Crippen molar-refractivity contribution in [2.45, 2.75) is 24.9 Å². The minimum absolute atomic E-state index is 0.181. The third-order valence-corrected chi connectivity index (χ3v) is 6.78. The zero-order valence-corrected chi connectivity index (χ0v) is 16.6. The Kier molecular flexibility index (Phi) is 4.05. The van der Waals surface area contributed by atoms with Crippen LogP contribution in [0, 0.1) is 11.8 Å². The number of carbonyl (C=O) groups excluding carboxylic acids is 3. The topological polar surface area (TPSA) is 83.1 Å². The van der Waals surface area contributed by atoms with Crippen LogP contribution in [0.3, 0.4) is 0 Å². The Labute approximate surface area is 173 Å². The molecule has 2 fully saturated rings. The van der Waals surface area contributed by atoms with Crippen molar-refractivity contribution in [3.05, 3.63) is 64.7 Å². The predicted octanol–water partition coefficient (Wildman–Crippen LogP) is 1.30. The smallest absolute Gasteiger partial charge is 0.291 e. The number of quaternary nitrogens is 1. The zero-order chi connectivity index (χ0) is 20.3. The van der Waals surface area contributed by atoms with Gasteiger partial charge in [0.25, 0.3) is 5.91 Å². The highest BCUT2D eigenvalue weighted by Gasteiger charge is 2.73. The summed E-state index contributed by atoms with van der Waals surface area (Å²) in [5.41, 5.74) is 1.28. The molecule has 0 saturated carbocycles. The van der Waals surface area contributed by atoms with Gasteiger partial charge in [0.2, 0.25) is 17.4 Å². The van der Waals surface area contributed by atoms with Crippen LogP contribution in [0.5, 0.6) is 0 Å². The van der Waals surface area contributed by atoms with Crippen molar-refractivity contribution in [3.8, 4) is 0 Å². The number of imide groups is 1. The van der Waals surface area contributed by atoms with E-state index in [-0.39, 0.29) is 23.8 Å². The first-order chi connectivity index (χ1) is 13.9. The second-order valence-electron chi connectivity index (χ2n) is 8.11. The first kappa shape index (κ1) is 18.3. The maximum absolute atomic E-state index is 13.4. The maximum atomic E-state index is 13.4. The SMILES string of the molecule is C[C@H]1[NH2+][C@]2(C(=O)Nc3ccc(Cl)cc32)[C@@H]2C(=O)N(CCc3ccccc3)C(=O)[C@@H]21. The molecule has 1 spiro atoms. The molecular formula is C22H21ClN3O3+. The first-order valence-electron chi connectivity index (χ1n) is 9.80. The Bertz CT molecular complexity index is 1040. The van der Waals surface area contributed by atoms with Crippen molar-refractivity contribution < 1.29 is 19.7 Å². The van der Waals surface area contributed by atoms with Crippen molar-refractivity contribution in [3.63, 3.8) is 0 Å². The lowest BCUT2D eigenvalue weighted by Gasteiger charge is -2.26. The van der Waals surface area contributed by atoms with Gasteiger partial charge in [-0.05, 0) is 37.1 Å². The lowest BCUT2D eigenvalue weighted by molar-refractivity contribution is -0.730. The van der Waals surface area contributed by atoms with E-state index < -0.39 is 17.4 Å². The van der Waals surface area contributed by atoms with Gasteiger partial charge < -0.3 is 10.6 Å². The van der Waals surface area contributed by atoms with Crippen molar-refractivity contribution in [1.82, 2.24) is 4.90 Å². The Morgan fingerprint density at radius 2 is 1.86 bits per heavy atom. The molecule has 2 saturated heterocycles. The largest absolute Gasteiger partial charge is 0.326 e. The van der Waals surface area contributed by atoms with E-state index in [2.05, 4.69) is 5.32 Å². The van der Waals surface area contributed by atoms with Gasteiger partial charge in [0, 0.05) is 17.1 Å². The molecule has 0 aliphatic carbocycles. The number of amides is 3. The number of hydrogen-bond acceptors (Lipinski definition) is 3. The molecule has 3 heterocycles. The van der Waals surface area contributed by atoms with Crippen LogP contribution < -0.4 is 10.6 Å². The van der Waals surface area contributed by atoms with Gasteiger partial charge in [-0.15, -0.1) is 0 Å². The van der Waals surface area contributed by atoms with E-state index in [1.54, 1.807) is 18.2 Å². The van der Waals surface area contributed by atoms with Crippen molar-refractivity contribution in [1.29, 1.82) is 0 Å². The standard InChI is InChI=1S/C22H20ClN3O3/c1-12-17-18(20(28)26(19(17)27)10-9-13-5-3-2-4-6-13)22(25-12)15-11-14(23)7-8-16(15)24-21(22)29/h2-8,11-12,17-18,25H,9-10H2,1H3,(H,24,29)/p+1/t12-,17-,18+,22+/m1/s1. The van der Waals surface area contributed by atoms with Crippen LogP contribution in [-0.4, -0.2) is 35.2 Å². The molecular weight excluding hydrogens is 390 g/mol. The molecule has 29 heavy (non-hydrogen) atoms. The number of hydrogen-bond donors (Lipinski definition) is 2. The maximum Gasteiger partial charge on any atom is 0.291 e. The Hall–Kier alpha value is -2.70. The number of anilines is 1. The van der Waals surface area contributed by atoms with E-state index in [1.807, 2.05) is 42.6 Å². The van der Waals surface area contributed by atoms with E-state index in [0.717, 1.165) is 5.56 Å². The molecule has 3 aliphatic rings. The molecule has 2 aromatic rings. The molecule has 3 N–H and O–H groups in total. The summed E-state index contributed by atoms with van der Waals surface area (Å²) >= 11 is 6.21. The van der Waals surface area contributed by atoms with Crippen LogP contribution in [0.4, 0.5) is 5.69 Å². The van der Waals surface area contributed by atoms with Gasteiger partial charge in [-0.2, -0.15) is 0 Å². The molecule has 0 bridgehead atoms. The van der Waals surface area contributed by atoms with Gasteiger partial charge in [-0.3, -0.25) is 19.3 Å². The summed E-state index contributed by atoms with van der Waals surface area (Å²) in [6, 6.07) is 14.8. The summed E-state index contributed by atoms with van der Waals surface area (Å²) in [6.07, 6.45) is 0.595. The molecule has 4 atom stereocenters. The van der Waals surface area contributed by atoms with Gasteiger partial charge >= 0.3 is 0 Å². The fourth-order valence-corrected chi connectivity index (χ4v) is 5.45. The normalized spacial score (nSPS) is 30.1. The van der Waals surface area contributed by atoms with Crippen molar-refractivity contribution in [2.75, 3.05) is 11.9 Å². The second kappa shape index (κ2) is 6.40. The number of fused-ring (bicyclic) bond motifs is 4. The van der Waals surface area contributed by atoms with Crippen LogP contribution in [-0.2, 0) is 26.3 Å². The molecule has 3 aliphatic heterocycles. The molecule has 5 rings (SSSR count). The number of likely N-dealkylation sites (tertiary alicyclic amines) is 1. The van der Waals surface area contributed by atoms with E-state index >= 15 is 0 Å². The molecule has 0 unspecified atom stereocenters. The Balaban J connectivity index is 1.52. The van der Waals surface area contributed by atoms with Gasteiger partial charge in [0.05, 0.1) is 11.7 Å². The average molecular weight is 411 g/mol. The molecule has 2 aromatic carbocycles. The van der Waals surface area contributed by atoms with Gasteiger partial charge in [-0.25, -0.2) is 0 Å². The van der Waals surface area contributed by atoms with Gasteiger partial charge in [0.1, 0.15) is 11.8 Å². The number of nitrogens with zero attached hydrogens (tertiary/aromatic N) is 1. The third kappa shape index (κ3) is 2.49. The number of carbonyl (C=O) groups is 3. The Morgan fingerprint density at radius 1 is 1.10 bits per heavy atom. The fourth-order valence-electron chi connectivity index (χ4n) is 5.28.